The number of halogens is 1. The van der Waals surface area contributed by atoms with Gasteiger partial charge in [0, 0.05) is 5.92 Å². The summed E-state index contributed by atoms with van der Waals surface area (Å²) in [7, 11) is 0. The lowest BCUT2D eigenvalue weighted by Crippen LogP contribution is -2.12. The molecule has 19 heavy (non-hydrogen) atoms. The summed E-state index contributed by atoms with van der Waals surface area (Å²) in [6, 6.07) is 12.7. The number of carbonyl (C=O) groups is 1. The second kappa shape index (κ2) is 4.61. The van der Waals surface area contributed by atoms with Crippen LogP contribution in [0.25, 0.3) is 0 Å². The maximum absolute atomic E-state index is 13.8. The highest BCUT2D eigenvalue weighted by Crippen LogP contribution is 2.35. The predicted octanol–water partition coefficient (Wildman–Crippen LogP) is 4.05. The fraction of sp³-hybridized carbons (Fsp3) is 0.235. The Labute approximate surface area is 112 Å². The van der Waals surface area contributed by atoms with Gasteiger partial charge >= 0.3 is 0 Å². The van der Waals surface area contributed by atoms with E-state index in [1.807, 2.05) is 25.1 Å². The summed E-state index contributed by atoms with van der Waals surface area (Å²) < 4.78 is 13.8. The van der Waals surface area contributed by atoms with E-state index in [9.17, 15) is 9.18 Å². The smallest absolute Gasteiger partial charge is 0.173 e. The first-order valence-electron chi connectivity index (χ1n) is 6.55. The van der Waals surface area contributed by atoms with Crippen LogP contribution in [0.1, 0.15) is 39.4 Å². The standard InChI is InChI=1S/C17H15FO/c1-11-6-9-16(18)15(10-11)17(19)14-8-7-12-4-2-3-5-13(12)14/h2-6,9-10,14H,7-8H2,1H3. The van der Waals surface area contributed by atoms with Crippen LogP contribution in [-0.2, 0) is 6.42 Å². The van der Waals surface area contributed by atoms with E-state index in [4.69, 9.17) is 0 Å². The molecule has 0 heterocycles. The van der Waals surface area contributed by atoms with Crippen LogP contribution in [0, 0.1) is 12.7 Å². The fourth-order valence-corrected chi connectivity index (χ4v) is 2.85. The second-order valence-electron chi connectivity index (χ2n) is 5.14. The van der Waals surface area contributed by atoms with E-state index >= 15 is 0 Å². The third-order valence-electron chi connectivity index (χ3n) is 3.84. The highest BCUT2D eigenvalue weighted by Gasteiger charge is 2.30. The Morgan fingerprint density at radius 1 is 1.21 bits per heavy atom. The zero-order valence-corrected chi connectivity index (χ0v) is 10.8. The van der Waals surface area contributed by atoms with E-state index in [0.717, 1.165) is 24.0 Å². The number of rotatable bonds is 2. The monoisotopic (exact) mass is 254 g/mol. The molecule has 0 fully saturated rings. The van der Waals surface area contributed by atoms with E-state index < -0.39 is 5.82 Å². The van der Waals surface area contributed by atoms with Gasteiger partial charge in [-0.2, -0.15) is 0 Å². The largest absolute Gasteiger partial charge is 0.293 e. The molecular weight excluding hydrogens is 239 g/mol. The number of hydrogen-bond donors (Lipinski definition) is 0. The summed E-state index contributed by atoms with van der Waals surface area (Å²) in [4.78, 5) is 12.5. The van der Waals surface area contributed by atoms with Gasteiger partial charge in [0.1, 0.15) is 5.82 Å². The Balaban J connectivity index is 2.00. The zero-order chi connectivity index (χ0) is 13.4. The highest BCUT2D eigenvalue weighted by atomic mass is 19.1. The van der Waals surface area contributed by atoms with Gasteiger partial charge < -0.3 is 0 Å². The molecule has 1 unspecified atom stereocenters. The van der Waals surface area contributed by atoms with Crippen LogP contribution in [0.15, 0.2) is 42.5 Å². The molecule has 0 saturated heterocycles. The van der Waals surface area contributed by atoms with Crippen molar-refractivity contribution in [3.8, 4) is 0 Å². The Bertz CT molecular complexity index is 645. The van der Waals surface area contributed by atoms with Crippen molar-refractivity contribution in [2.75, 3.05) is 0 Å². The van der Waals surface area contributed by atoms with Crippen molar-refractivity contribution in [3.63, 3.8) is 0 Å². The Morgan fingerprint density at radius 2 is 2.00 bits per heavy atom. The maximum Gasteiger partial charge on any atom is 0.173 e. The van der Waals surface area contributed by atoms with Crippen molar-refractivity contribution >= 4 is 5.78 Å². The Hall–Kier alpha value is -1.96. The number of benzene rings is 2. The van der Waals surface area contributed by atoms with E-state index in [2.05, 4.69) is 6.07 Å². The van der Waals surface area contributed by atoms with Crippen molar-refractivity contribution < 1.29 is 9.18 Å². The van der Waals surface area contributed by atoms with Gasteiger partial charge in [0.05, 0.1) is 5.56 Å². The molecule has 2 aromatic rings. The molecule has 0 spiro atoms. The number of hydrogen-bond acceptors (Lipinski definition) is 1. The molecule has 0 aromatic heterocycles. The minimum absolute atomic E-state index is 0.0915. The zero-order valence-electron chi connectivity index (χ0n) is 10.8. The second-order valence-corrected chi connectivity index (χ2v) is 5.14. The van der Waals surface area contributed by atoms with Crippen molar-refractivity contribution in [2.45, 2.75) is 25.7 Å². The van der Waals surface area contributed by atoms with Crippen LogP contribution in [0.3, 0.4) is 0 Å². The average Bonchev–Trinajstić information content (AvgIpc) is 2.84. The van der Waals surface area contributed by atoms with Crippen LogP contribution in [0.5, 0.6) is 0 Å². The summed E-state index contributed by atoms with van der Waals surface area (Å²) in [6.07, 6.45) is 1.69. The van der Waals surface area contributed by atoms with Crippen LogP contribution >= 0.6 is 0 Å². The molecule has 2 heteroatoms. The van der Waals surface area contributed by atoms with Gasteiger partial charge in [-0.05, 0) is 43.0 Å². The summed E-state index contributed by atoms with van der Waals surface area (Å²) in [5.74, 6) is -0.696. The molecular formula is C17H15FO. The SMILES string of the molecule is Cc1ccc(F)c(C(=O)C2CCc3ccccc32)c1. The molecule has 0 radical (unpaired) electrons. The van der Waals surface area contributed by atoms with Crippen molar-refractivity contribution in [2.24, 2.45) is 0 Å². The Kier molecular flexibility index (Phi) is 2.94. The molecule has 0 aliphatic heterocycles. The normalized spacial score (nSPS) is 17.3. The van der Waals surface area contributed by atoms with E-state index in [0.29, 0.717) is 0 Å². The molecule has 0 amide bonds. The minimum atomic E-state index is -0.417. The topological polar surface area (TPSA) is 17.1 Å². The molecule has 0 N–H and O–H groups in total. The molecule has 96 valence electrons. The number of aryl methyl sites for hydroxylation is 2. The predicted molar refractivity (Wildman–Crippen MR) is 73.0 cm³/mol. The third kappa shape index (κ3) is 2.07. The van der Waals surface area contributed by atoms with E-state index in [1.165, 1.54) is 11.6 Å². The molecule has 1 atom stereocenters. The summed E-state index contributed by atoms with van der Waals surface area (Å²) in [5, 5.41) is 0. The average molecular weight is 254 g/mol. The lowest BCUT2D eigenvalue weighted by Gasteiger charge is -2.11. The van der Waals surface area contributed by atoms with Gasteiger partial charge in [0.25, 0.3) is 0 Å². The number of Topliss-reactive ketones (excluding diaryl/α,β-unsaturated/α-hetero) is 1. The lowest BCUT2D eigenvalue weighted by atomic mass is 9.91. The van der Waals surface area contributed by atoms with Gasteiger partial charge in [0.2, 0.25) is 0 Å². The van der Waals surface area contributed by atoms with Gasteiger partial charge in [0.15, 0.2) is 5.78 Å². The van der Waals surface area contributed by atoms with Crippen molar-refractivity contribution in [1.82, 2.24) is 0 Å². The lowest BCUT2D eigenvalue weighted by molar-refractivity contribution is 0.0955. The van der Waals surface area contributed by atoms with E-state index in [1.54, 1.807) is 12.1 Å². The number of ketones is 1. The molecule has 1 aliphatic rings. The summed E-state index contributed by atoms with van der Waals surface area (Å²) in [5.41, 5.74) is 3.42. The minimum Gasteiger partial charge on any atom is -0.293 e. The number of carbonyl (C=O) groups excluding carboxylic acids is 1. The maximum atomic E-state index is 13.8. The summed E-state index contributed by atoms with van der Waals surface area (Å²) in [6.45, 7) is 1.87. The van der Waals surface area contributed by atoms with Gasteiger partial charge in [-0.25, -0.2) is 4.39 Å². The quantitative estimate of drug-likeness (QED) is 0.739. The highest BCUT2D eigenvalue weighted by molar-refractivity contribution is 6.02. The van der Waals surface area contributed by atoms with Gasteiger partial charge in [-0.15, -0.1) is 0 Å². The van der Waals surface area contributed by atoms with Gasteiger partial charge in [-0.1, -0.05) is 35.9 Å². The van der Waals surface area contributed by atoms with Gasteiger partial charge in [-0.3, -0.25) is 4.79 Å². The molecule has 1 nitrogen and oxygen atoms in total. The molecule has 3 rings (SSSR count). The van der Waals surface area contributed by atoms with Crippen LogP contribution in [0.2, 0.25) is 0 Å². The number of fused-ring (bicyclic) bond motifs is 1. The van der Waals surface area contributed by atoms with E-state index in [-0.39, 0.29) is 17.3 Å². The molecule has 0 saturated carbocycles. The Morgan fingerprint density at radius 3 is 2.84 bits per heavy atom. The first-order valence-corrected chi connectivity index (χ1v) is 6.55. The van der Waals surface area contributed by atoms with Crippen LogP contribution in [0.4, 0.5) is 4.39 Å². The first-order chi connectivity index (χ1) is 9.16. The van der Waals surface area contributed by atoms with Crippen molar-refractivity contribution in [1.29, 1.82) is 0 Å². The third-order valence-corrected chi connectivity index (χ3v) is 3.84. The first kappa shape index (κ1) is 12.1. The fourth-order valence-electron chi connectivity index (χ4n) is 2.85. The summed E-state index contributed by atoms with van der Waals surface area (Å²) >= 11 is 0. The van der Waals surface area contributed by atoms with Crippen molar-refractivity contribution in [3.05, 3.63) is 70.5 Å². The van der Waals surface area contributed by atoms with Crippen LogP contribution < -0.4 is 0 Å². The molecule has 1 aliphatic carbocycles. The molecule has 2 aromatic carbocycles. The molecule has 0 bridgehead atoms. The van der Waals surface area contributed by atoms with Crippen LogP contribution in [-0.4, -0.2) is 5.78 Å².